The van der Waals surface area contributed by atoms with E-state index in [0.29, 0.717) is 12.4 Å². The average molecular weight is 426 g/mol. The zero-order valence-electron chi connectivity index (χ0n) is 19.8. The molecule has 0 unspecified atom stereocenters. The first kappa shape index (κ1) is 26.9. The number of nitrogens with one attached hydrogen (secondary N) is 1. The van der Waals surface area contributed by atoms with E-state index in [4.69, 9.17) is 5.11 Å². The van der Waals surface area contributed by atoms with E-state index in [1.807, 2.05) is 6.92 Å². The number of aliphatic hydroxyl groups is 1. The summed E-state index contributed by atoms with van der Waals surface area (Å²) in [5.74, 6) is -0.204. The van der Waals surface area contributed by atoms with Gasteiger partial charge in [0, 0.05) is 0 Å². The van der Waals surface area contributed by atoms with Crippen molar-refractivity contribution in [1.82, 2.24) is 5.32 Å². The standard InChI is InChI=1S/C25H48N2O3/c1-3-5-6-7-8-9-10-11-12-13-14-15-16-17-18-19-20-22-25(30)27(4-2)23(26-22)21-24(28)29/h22,25,30H,3-21H2,1-2H3,(H,28,29)/p+1/t22-,25+/m1/s1. The maximum absolute atomic E-state index is 11.0. The summed E-state index contributed by atoms with van der Waals surface area (Å²) in [4.78, 5) is 11.0. The van der Waals surface area contributed by atoms with Gasteiger partial charge in [0.2, 0.25) is 6.23 Å². The third kappa shape index (κ3) is 11.9. The van der Waals surface area contributed by atoms with Gasteiger partial charge in [-0.1, -0.05) is 103 Å². The highest BCUT2D eigenvalue weighted by Crippen LogP contribution is 2.17. The van der Waals surface area contributed by atoms with Gasteiger partial charge in [-0.05, 0) is 19.8 Å². The number of aliphatic hydroxyl groups excluding tert-OH is 1. The largest absolute Gasteiger partial charge is 0.481 e. The molecule has 0 spiro atoms. The Balaban J connectivity index is 1.91. The predicted octanol–water partition coefficient (Wildman–Crippen LogP) is 5.83. The van der Waals surface area contributed by atoms with Gasteiger partial charge in [-0.2, -0.15) is 0 Å². The van der Waals surface area contributed by atoms with E-state index >= 15 is 0 Å². The molecule has 1 aliphatic rings. The van der Waals surface area contributed by atoms with Crippen LogP contribution in [0, 0.1) is 0 Å². The number of carboxylic acids is 1. The molecule has 5 nitrogen and oxygen atoms in total. The van der Waals surface area contributed by atoms with Gasteiger partial charge in [0.25, 0.3) is 5.84 Å². The number of nitrogens with zero attached hydrogens (tertiary/aromatic N) is 1. The Kier molecular flexibility index (Phi) is 15.8. The van der Waals surface area contributed by atoms with Gasteiger partial charge in [0.15, 0.2) is 6.04 Å². The van der Waals surface area contributed by atoms with E-state index < -0.39 is 12.2 Å². The third-order valence-corrected chi connectivity index (χ3v) is 6.41. The van der Waals surface area contributed by atoms with Crippen LogP contribution in [-0.2, 0) is 4.79 Å². The Morgan fingerprint density at radius 3 is 1.63 bits per heavy atom. The van der Waals surface area contributed by atoms with Gasteiger partial charge < -0.3 is 10.2 Å². The van der Waals surface area contributed by atoms with E-state index in [0.717, 1.165) is 12.8 Å². The highest BCUT2D eigenvalue weighted by molar-refractivity contribution is 5.94. The molecule has 30 heavy (non-hydrogen) atoms. The van der Waals surface area contributed by atoms with Crippen molar-refractivity contribution in [2.45, 2.75) is 142 Å². The predicted molar refractivity (Wildman–Crippen MR) is 125 cm³/mol. The van der Waals surface area contributed by atoms with Crippen LogP contribution in [0.5, 0.6) is 0 Å². The summed E-state index contributed by atoms with van der Waals surface area (Å²) in [7, 11) is 0. The Morgan fingerprint density at radius 1 is 0.800 bits per heavy atom. The highest BCUT2D eigenvalue weighted by atomic mass is 16.4. The van der Waals surface area contributed by atoms with Gasteiger partial charge in [0.1, 0.15) is 6.42 Å². The van der Waals surface area contributed by atoms with Crippen LogP contribution in [0.4, 0.5) is 0 Å². The molecule has 0 aromatic heterocycles. The van der Waals surface area contributed by atoms with Crippen LogP contribution in [0.25, 0.3) is 0 Å². The number of carbonyl (C=O) groups is 1. The zero-order chi connectivity index (χ0) is 22.0. The van der Waals surface area contributed by atoms with Crippen LogP contribution in [0.15, 0.2) is 0 Å². The maximum atomic E-state index is 11.0. The van der Waals surface area contributed by atoms with Gasteiger partial charge in [-0.25, -0.2) is 4.58 Å². The number of amidine groups is 1. The van der Waals surface area contributed by atoms with Crippen molar-refractivity contribution in [1.29, 1.82) is 0 Å². The second-order valence-corrected chi connectivity index (χ2v) is 9.06. The van der Waals surface area contributed by atoms with Crippen molar-refractivity contribution in [2.75, 3.05) is 6.54 Å². The topological polar surface area (TPSA) is 72.6 Å². The molecule has 0 aromatic rings. The molecular weight excluding hydrogens is 376 g/mol. The number of likely N-dealkylation sites (N-methyl/N-ethyl adjacent to an activating group) is 1. The number of carboxylic acid groups (broad SMARTS) is 1. The second-order valence-electron chi connectivity index (χ2n) is 9.06. The quantitative estimate of drug-likeness (QED) is 0.169. The normalized spacial score (nSPS) is 18.8. The van der Waals surface area contributed by atoms with E-state index in [1.165, 1.54) is 96.3 Å². The number of hydrogen-bond acceptors (Lipinski definition) is 3. The first-order chi connectivity index (χ1) is 14.6. The summed E-state index contributed by atoms with van der Waals surface area (Å²) < 4.78 is 1.78. The number of aliphatic carboxylic acids is 1. The minimum Gasteiger partial charge on any atom is -0.481 e. The molecule has 1 rings (SSSR count). The van der Waals surface area contributed by atoms with Crippen LogP contribution in [0.3, 0.4) is 0 Å². The van der Waals surface area contributed by atoms with Gasteiger partial charge in [-0.15, -0.1) is 0 Å². The molecule has 176 valence electrons. The first-order valence-electron chi connectivity index (χ1n) is 12.9. The Hall–Kier alpha value is -1.10. The fourth-order valence-corrected chi connectivity index (χ4v) is 4.56. The van der Waals surface area contributed by atoms with Crippen LogP contribution in [0.2, 0.25) is 0 Å². The van der Waals surface area contributed by atoms with Crippen molar-refractivity contribution in [3.05, 3.63) is 0 Å². The Bertz CT molecular complexity index is 479. The highest BCUT2D eigenvalue weighted by Gasteiger charge is 2.39. The number of unbranched alkanes of at least 4 members (excludes halogenated alkanes) is 15. The van der Waals surface area contributed by atoms with Gasteiger partial charge in [0.05, 0.1) is 6.54 Å². The molecule has 0 saturated carbocycles. The van der Waals surface area contributed by atoms with E-state index in [-0.39, 0.29) is 12.5 Å². The Labute approximate surface area is 185 Å². The molecule has 0 radical (unpaired) electrons. The molecule has 1 aliphatic heterocycles. The molecule has 2 atom stereocenters. The summed E-state index contributed by atoms with van der Waals surface area (Å²) in [6, 6.07) is -0.0362. The van der Waals surface area contributed by atoms with E-state index in [2.05, 4.69) is 12.2 Å². The SMILES string of the molecule is CCCCCCCCCCCCCCCCCC[C@H]1NC(CC(=O)O)=[N+](CC)[C@H]1O. The lowest BCUT2D eigenvalue weighted by Crippen LogP contribution is -2.36. The third-order valence-electron chi connectivity index (χ3n) is 6.41. The van der Waals surface area contributed by atoms with Crippen molar-refractivity contribution in [3.63, 3.8) is 0 Å². The number of rotatable bonds is 20. The van der Waals surface area contributed by atoms with Crippen molar-refractivity contribution in [2.24, 2.45) is 0 Å². The lowest BCUT2D eigenvalue weighted by Gasteiger charge is -2.12. The van der Waals surface area contributed by atoms with Crippen molar-refractivity contribution >= 4 is 11.8 Å². The van der Waals surface area contributed by atoms with Crippen LogP contribution >= 0.6 is 0 Å². The monoisotopic (exact) mass is 425 g/mol. The molecule has 5 heteroatoms. The second kappa shape index (κ2) is 17.6. The van der Waals surface area contributed by atoms with Crippen LogP contribution in [-0.4, -0.2) is 45.4 Å². The molecular formula is C25H49N2O3+. The average Bonchev–Trinajstić information content (AvgIpc) is 3.01. The maximum Gasteiger partial charge on any atom is 0.315 e. The molecule has 0 aliphatic carbocycles. The zero-order valence-corrected chi connectivity index (χ0v) is 19.8. The molecule has 0 fully saturated rings. The smallest absolute Gasteiger partial charge is 0.315 e. The summed E-state index contributed by atoms with van der Waals surface area (Å²) in [6.45, 7) is 4.86. The van der Waals surface area contributed by atoms with Gasteiger partial charge >= 0.3 is 5.97 Å². The van der Waals surface area contributed by atoms with Crippen molar-refractivity contribution < 1.29 is 19.6 Å². The Morgan fingerprint density at radius 2 is 1.23 bits per heavy atom. The summed E-state index contributed by atoms with van der Waals surface area (Å²) in [6.07, 6.45) is 22.0. The lowest BCUT2D eigenvalue weighted by atomic mass is 10.0. The summed E-state index contributed by atoms with van der Waals surface area (Å²) >= 11 is 0. The van der Waals surface area contributed by atoms with Crippen LogP contribution < -0.4 is 5.32 Å². The fourth-order valence-electron chi connectivity index (χ4n) is 4.56. The molecule has 0 aromatic carbocycles. The molecule has 3 N–H and O–H groups in total. The molecule has 0 saturated heterocycles. The lowest BCUT2D eigenvalue weighted by molar-refractivity contribution is -0.600. The summed E-state index contributed by atoms with van der Waals surface area (Å²) in [5, 5.41) is 22.7. The molecule has 1 heterocycles. The fraction of sp³-hybridized carbons (Fsp3) is 0.920. The first-order valence-corrected chi connectivity index (χ1v) is 12.9. The molecule has 0 bridgehead atoms. The van der Waals surface area contributed by atoms with Gasteiger partial charge in [-0.3, -0.25) is 10.1 Å². The number of hydrogen-bond donors (Lipinski definition) is 3. The minimum atomic E-state index is -0.855. The van der Waals surface area contributed by atoms with Crippen molar-refractivity contribution in [3.8, 4) is 0 Å². The molecule has 0 amide bonds. The van der Waals surface area contributed by atoms with E-state index in [1.54, 1.807) is 4.58 Å². The van der Waals surface area contributed by atoms with E-state index in [9.17, 15) is 9.90 Å². The van der Waals surface area contributed by atoms with Crippen LogP contribution in [0.1, 0.15) is 129 Å². The minimum absolute atomic E-state index is 0.0362. The summed E-state index contributed by atoms with van der Waals surface area (Å²) in [5.41, 5.74) is 0.